The van der Waals surface area contributed by atoms with Gasteiger partial charge in [0.2, 0.25) is 0 Å². The summed E-state index contributed by atoms with van der Waals surface area (Å²) in [4.78, 5) is 30.1. The molecule has 1 aliphatic heterocycles. The fraction of sp³-hybridized carbons (Fsp3) is 0.586. The highest BCUT2D eigenvalue weighted by molar-refractivity contribution is 6.01. The number of hydrogen-bond donors (Lipinski definition) is 1. The number of allylic oxidation sites excluding steroid dienone is 4. The minimum Gasteiger partial charge on any atom is -0.496 e. The number of rotatable bonds is 4. The quantitative estimate of drug-likeness (QED) is 0.661. The normalized spacial score (nSPS) is 43.6. The third-order valence-corrected chi connectivity index (χ3v) is 10.2. The minimum atomic E-state index is -1.36. The van der Waals surface area contributed by atoms with E-state index in [0.29, 0.717) is 24.2 Å². The molecule has 1 aromatic rings. The van der Waals surface area contributed by atoms with Gasteiger partial charge in [-0.2, -0.15) is 5.26 Å². The van der Waals surface area contributed by atoms with Crippen molar-refractivity contribution in [1.29, 1.82) is 5.26 Å². The topological polar surface area (TPSA) is 119 Å². The van der Waals surface area contributed by atoms with E-state index in [2.05, 4.69) is 11.9 Å². The zero-order valence-corrected chi connectivity index (χ0v) is 21.3. The summed E-state index contributed by atoms with van der Waals surface area (Å²) in [7, 11) is 1.56. The molecule has 0 aromatic carbocycles. The monoisotopic (exact) mass is 504 g/mol. The minimum absolute atomic E-state index is 0.00353. The summed E-state index contributed by atoms with van der Waals surface area (Å²) in [6.07, 6.45) is 8.65. The molecule has 0 spiro atoms. The van der Waals surface area contributed by atoms with Crippen LogP contribution in [-0.2, 0) is 19.1 Å². The van der Waals surface area contributed by atoms with Crippen molar-refractivity contribution in [3.05, 3.63) is 47.8 Å². The molecule has 4 fully saturated rings. The van der Waals surface area contributed by atoms with Gasteiger partial charge in [-0.05, 0) is 55.7 Å². The molecule has 9 atom stereocenters. The molecule has 1 N–H and O–H groups in total. The van der Waals surface area contributed by atoms with Crippen LogP contribution in [0, 0.1) is 39.9 Å². The summed E-state index contributed by atoms with van der Waals surface area (Å²) in [5, 5.41) is 21.2. The number of methoxy groups -OCH3 is 1. The van der Waals surface area contributed by atoms with Crippen molar-refractivity contribution in [2.45, 2.75) is 70.1 Å². The van der Waals surface area contributed by atoms with Crippen LogP contribution >= 0.6 is 0 Å². The number of hydrogen-bond acceptors (Lipinski definition) is 8. The van der Waals surface area contributed by atoms with Crippen molar-refractivity contribution in [2.75, 3.05) is 7.11 Å². The maximum absolute atomic E-state index is 13.8. The molecule has 5 aliphatic rings. The lowest BCUT2D eigenvalue weighted by atomic mass is 9.46. The number of nitriles is 1. The lowest BCUT2D eigenvalue weighted by molar-refractivity contribution is -0.199. The number of aromatic nitrogens is 1. The Balaban J connectivity index is 1.41. The summed E-state index contributed by atoms with van der Waals surface area (Å²) in [5.41, 5.74) is -0.835. The lowest BCUT2D eigenvalue weighted by Gasteiger charge is -2.59. The number of carbonyl (C=O) groups excluding carboxylic acids is 2. The van der Waals surface area contributed by atoms with E-state index < -0.39 is 34.9 Å². The molecule has 8 nitrogen and oxygen atoms in total. The van der Waals surface area contributed by atoms with E-state index in [4.69, 9.17) is 14.2 Å². The molecule has 6 rings (SSSR count). The highest BCUT2D eigenvalue weighted by Crippen LogP contribution is 2.70. The first-order valence-electron chi connectivity index (χ1n) is 13.0. The SMILES string of the molecule is COc1ccncc1C1O[C@@H]2C[C@H]3[C@@H]4CCC5=CC(=O)C=C[C@]5(C)[C@H]4[C@@H](O)C[C@]3(C)[C@]2(C(=O)CC#N)O1. The van der Waals surface area contributed by atoms with Gasteiger partial charge < -0.3 is 19.3 Å². The zero-order chi connectivity index (χ0) is 26.2. The fourth-order valence-electron chi connectivity index (χ4n) is 8.67. The number of fused-ring (bicyclic) bond motifs is 7. The third-order valence-electron chi connectivity index (χ3n) is 10.2. The van der Waals surface area contributed by atoms with Gasteiger partial charge in [0, 0.05) is 29.1 Å². The largest absolute Gasteiger partial charge is 0.496 e. The first kappa shape index (κ1) is 24.5. The summed E-state index contributed by atoms with van der Waals surface area (Å²) in [6, 6.07) is 3.74. The van der Waals surface area contributed by atoms with Gasteiger partial charge in [-0.1, -0.05) is 25.5 Å². The van der Waals surface area contributed by atoms with Gasteiger partial charge in [-0.25, -0.2) is 0 Å². The number of aliphatic hydroxyl groups is 1. The molecule has 4 aliphatic carbocycles. The Kier molecular flexibility index (Phi) is 5.50. The van der Waals surface area contributed by atoms with E-state index in [9.17, 15) is 20.0 Å². The Bertz CT molecular complexity index is 1270. The highest BCUT2D eigenvalue weighted by atomic mass is 16.7. The van der Waals surface area contributed by atoms with Crippen molar-refractivity contribution >= 4 is 11.6 Å². The second-order valence-electron chi connectivity index (χ2n) is 11.6. The Morgan fingerprint density at radius 1 is 1.38 bits per heavy atom. The number of nitrogens with zero attached hydrogens (tertiary/aromatic N) is 2. The van der Waals surface area contributed by atoms with Crippen LogP contribution in [-0.4, -0.2) is 46.6 Å². The number of aliphatic hydroxyl groups excluding tert-OH is 1. The van der Waals surface area contributed by atoms with Crippen molar-refractivity contribution < 1.29 is 28.9 Å². The van der Waals surface area contributed by atoms with Crippen LogP contribution in [0.25, 0.3) is 0 Å². The average Bonchev–Trinajstić information content (AvgIpc) is 3.37. The smallest absolute Gasteiger partial charge is 0.190 e. The zero-order valence-electron chi connectivity index (χ0n) is 21.3. The molecule has 194 valence electrons. The maximum atomic E-state index is 13.8. The van der Waals surface area contributed by atoms with Crippen molar-refractivity contribution in [2.24, 2.45) is 28.6 Å². The van der Waals surface area contributed by atoms with Crippen molar-refractivity contribution in [1.82, 2.24) is 4.98 Å². The highest BCUT2D eigenvalue weighted by Gasteiger charge is 2.76. The Morgan fingerprint density at radius 2 is 2.19 bits per heavy atom. The predicted molar refractivity (Wildman–Crippen MR) is 131 cm³/mol. The fourth-order valence-corrected chi connectivity index (χ4v) is 8.67. The van der Waals surface area contributed by atoms with Gasteiger partial charge in [0.1, 0.15) is 5.75 Å². The van der Waals surface area contributed by atoms with Gasteiger partial charge >= 0.3 is 0 Å². The molecule has 3 saturated carbocycles. The summed E-state index contributed by atoms with van der Waals surface area (Å²) < 4.78 is 18.6. The summed E-state index contributed by atoms with van der Waals surface area (Å²) in [5.74, 6) is 0.333. The van der Waals surface area contributed by atoms with Gasteiger partial charge in [-0.15, -0.1) is 0 Å². The number of ketones is 2. The van der Waals surface area contributed by atoms with E-state index in [0.717, 1.165) is 18.4 Å². The Morgan fingerprint density at radius 3 is 2.95 bits per heavy atom. The molecular formula is C29H32N2O6. The van der Waals surface area contributed by atoms with Gasteiger partial charge in [0.15, 0.2) is 23.5 Å². The standard InChI is InChI=1S/C29H32N2O6/c1-27-9-6-17(32)12-16(27)4-5-18-20-13-24-29(23(34)7-10-30,28(20,2)14-21(33)25(18)27)37-26(36-24)19-15-31-11-8-22(19)35-3/h6,8-9,11-12,15,18,20-21,24-26,33H,4-5,7,13-14H2,1-3H3/t18-,20-,21-,24+,25+,26?,27-,28-,29+/m0/s1. The van der Waals surface area contributed by atoms with Crippen LogP contribution in [0.1, 0.15) is 57.8 Å². The number of carbonyl (C=O) groups is 2. The molecule has 1 aromatic heterocycles. The van der Waals surface area contributed by atoms with E-state index in [1.165, 1.54) is 0 Å². The second-order valence-corrected chi connectivity index (χ2v) is 11.6. The van der Waals surface area contributed by atoms with E-state index >= 15 is 0 Å². The molecule has 2 heterocycles. The van der Waals surface area contributed by atoms with Crippen LogP contribution in [0.4, 0.5) is 0 Å². The second kappa shape index (κ2) is 8.32. The number of ether oxygens (including phenoxy) is 3. The molecule has 0 bridgehead atoms. The summed E-state index contributed by atoms with van der Waals surface area (Å²) in [6.45, 7) is 4.15. The molecule has 8 heteroatoms. The van der Waals surface area contributed by atoms with E-state index in [1.54, 1.807) is 37.7 Å². The van der Waals surface area contributed by atoms with Crippen LogP contribution in [0.3, 0.4) is 0 Å². The predicted octanol–water partition coefficient (Wildman–Crippen LogP) is 3.61. The molecule has 0 amide bonds. The van der Waals surface area contributed by atoms with Crippen LogP contribution in [0.2, 0.25) is 0 Å². The molecule has 0 radical (unpaired) electrons. The molecule has 37 heavy (non-hydrogen) atoms. The summed E-state index contributed by atoms with van der Waals surface area (Å²) >= 11 is 0. The number of pyridine rings is 1. The van der Waals surface area contributed by atoms with Crippen molar-refractivity contribution in [3.63, 3.8) is 0 Å². The van der Waals surface area contributed by atoms with Crippen LogP contribution in [0.15, 0.2) is 42.3 Å². The third kappa shape index (κ3) is 3.14. The van der Waals surface area contributed by atoms with Gasteiger partial charge in [-0.3, -0.25) is 14.6 Å². The first-order valence-corrected chi connectivity index (χ1v) is 13.0. The molecule has 1 unspecified atom stereocenters. The Labute approximate surface area is 216 Å². The van der Waals surface area contributed by atoms with Crippen LogP contribution in [0.5, 0.6) is 5.75 Å². The molecule has 1 saturated heterocycles. The van der Waals surface area contributed by atoms with E-state index in [-0.39, 0.29) is 35.7 Å². The lowest BCUT2D eigenvalue weighted by Crippen LogP contribution is -2.63. The van der Waals surface area contributed by atoms with E-state index in [1.807, 2.05) is 19.1 Å². The van der Waals surface area contributed by atoms with Gasteiger partial charge in [0.05, 0.1) is 37.4 Å². The first-order chi connectivity index (χ1) is 17.7. The Hall–Kier alpha value is -2.86. The van der Waals surface area contributed by atoms with Crippen molar-refractivity contribution in [3.8, 4) is 11.8 Å². The maximum Gasteiger partial charge on any atom is 0.190 e. The average molecular weight is 505 g/mol. The molecular weight excluding hydrogens is 472 g/mol. The van der Waals surface area contributed by atoms with Crippen LogP contribution < -0.4 is 4.74 Å². The number of Topliss-reactive ketones (excluding diaryl/α,β-unsaturated/α-hetero) is 1. The van der Waals surface area contributed by atoms with Gasteiger partial charge in [0.25, 0.3) is 0 Å².